The molecule has 1 aliphatic heterocycles. The minimum Gasteiger partial charge on any atom is -0.481 e. The summed E-state index contributed by atoms with van der Waals surface area (Å²) in [7, 11) is 0. The third kappa shape index (κ3) is 6.17. The number of piperidine rings is 1. The van der Waals surface area contributed by atoms with Crippen LogP contribution < -0.4 is 0 Å². The highest BCUT2D eigenvalue weighted by atomic mass is 16.4. The number of carboxylic acid groups (broad SMARTS) is 1. The number of benzene rings is 2. The molecule has 0 amide bonds. The molecule has 0 radical (unpaired) electrons. The lowest BCUT2D eigenvalue weighted by molar-refractivity contribution is -0.144. The van der Waals surface area contributed by atoms with E-state index in [0.717, 1.165) is 61.2 Å². The number of aliphatic hydroxyl groups is 2. The maximum atomic E-state index is 12.1. The van der Waals surface area contributed by atoms with Gasteiger partial charge in [-0.2, -0.15) is 0 Å². The minimum atomic E-state index is -1.01. The molecule has 1 heterocycles. The number of carboxylic acids is 1. The van der Waals surface area contributed by atoms with E-state index in [9.17, 15) is 20.1 Å². The van der Waals surface area contributed by atoms with Crippen molar-refractivity contribution in [3.05, 3.63) is 107 Å². The van der Waals surface area contributed by atoms with Crippen LogP contribution in [-0.4, -0.2) is 51.9 Å². The van der Waals surface area contributed by atoms with Crippen LogP contribution in [0.3, 0.4) is 0 Å². The second kappa shape index (κ2) is 12.2. The Bertz CT molecular complexity index is 1120. The molecule has 0 bridgehead atoms. The molecule has 5 nitrogen and oxygen atoms in total. The minimum absolute atomic E-state index is 0.132. The third-order valence-electron chi connectivity index (χ3n) is 8.35. The molecule has 0 spiro atoms. The number of hydrogen-bond acceptors (Lipinski definition) is 4. The fourth-order valence-corrected chi connectivity index (χ4v) is 5.75. The molecule has 4 rings (SSSR count). The molecule has 0 aromatic heterocycles. The molecule has 5 heteroatoms. The zero-order valence-electron chi connectivity index (χ0n) is 22.6. The number of aliphatic carboxylic acids is 1. The molecule has 2 aliphatic rings. The maximum Gasteiger partial charge on any atom is 0.313 e. The van der Waals surface area contributed by atoms with Crippen LogP contribution in [-0.2, 0) is 10.4 Å². The molecule has 1 unspecified atom stereocenters. The van der Waals surface area contributed by atoms with E-state index < -0.39 is 23.1 Å². The van der Waals surface area contributed by atoms with Gasteiger partial charge in [0.05, 0.1) is 11.5 Å². The van der Waals surface area contributed by atoms with Gasteiger partial charge in [0.25, 0.3) is 0 Å². The third-order valence-corrected chi connectivity index (χ3v) is 8.35. The van der Waals surface area contributed by atoms with E-state index >= 15 is 0 Å². The Morgan fingerprint density at radius 2 is 1.53 bits per heavy atom. The Kier molecular flexibility index (Phi) is 9.03. The molecular weight excluding hydrogens is 474 g/mol. The van der Waals surface area contributed by atoms with E-state index in [0.29, 0.717) is 12.8 Å². The molecule has 1 fully saturated rings. The number of nitrogens with zero attached hydrogens (tertiary/aromatic N) is 1. The Morgan fingerprint density at radius 3 is 2.08 bits per heavy atom. The summed E-state index contributed by atoms with van der Waals surface area (Å²) in [4.78, 5) is 14.0. The lowest BCUT2D eigenvalue weighted by atomic mass is 9.72. The monoisotopic (exact) mass is 515 g/mol. The lowest BCUT2D eigenvalue weighted by Gasteiger charge is -2.42. The highest BCUT2D eigenvalue weighted by Gasteiger charge is 2.41. The SMILES string of the molecule is CC(C)(C(=O)O)C1=CCC=C(C(O)CCCN2CCC(C(O)(c3ccccc3)c3ccccc3)CC2)C=C1. The summed E-state index contributed by atoms with van der Waals surface area (Å²) in [5.41, 5.74) is 1.54. The van der Waals surface area contributed by atoms with Crippen LogP contribution in [0.25, 0.3) is 0 Å². The van der Waals surface area contributed by atoms with Gasteiger partial charge in [0.15, 0.2) is 0 Å². The molecule has 2 aromatic rings. The number of rotatable bonds is 10. The molecule has 38 heavy (non-hydrogen) atoms. The summed E-state index contributed by atoms with van der Waals surface area (Å²) in [5.74, 6) is -0.723. The zero-order valence-corrected chi connectivity index (χ0v) is 22.6. The Hall–Kier alpha value is -2.99. The van der Waals surface area contributed by atoms with Crippen molar-refractivity contribution >= 4 is 5.97 Å². The van der Waals surface area contributed by atoms with Crippen LogP contribution in [0.2, 0.25) is 0 Å². The van der Waals surface area contributed by atoms with E-state index in [1.807, 2.05) is 85.0 Å². The predicted octanol–water partition coefficient (Wildman–Crippen LogP) is 5.70. The van der Waals surface area contributed by atoms with Gasteiger partial charge in [-0.05, 0) is 93.8 Å². The highest BCUT2D eigenvalue weighted by Crippen LogP contribution is 2.42. The van der Waals surface area contributed by atoms with Crippen molar-refractivity contribution in [3.8, 4) is 0 Å². The molecule has 0 saturated carbocycles. The first-order chi connectivity index (χ1) is 18.2. The Labute approximate surface area is 226 Å². The highest BCUT2D eigenvalue weighted by molar-refractivity contribution is 5.78. The van der Waals surface area contributed by atoms with E-state index in [4.69, 9.17) is 0 Å². The molecule has 3 N–H and O–H groups in total. The number of allylic oxidation sites excluding steroid dienone is 3. The Balaban J connectivity index is 1.30. The van der Waals surface area contributed by atoms with Crippen LogP contribution in [0.1, 0.15) is 57.1 Å². The molecule has 2 aromatic carbocycles. The summed E-state index contributed by atoms with van der Waals surface area (Å²) in [6, 6.07) is 20.0. The van der Waals surface area contributed by atoms with E-state index in [-0.39, 0.29) is 5.92 Å². The predicted molar refractivity (Wildman–Crippen MR) is 152 cm³/mol. The van der Waals surface area contributed by atoms with E-state index in [1.165, 1.54) is 0 Å². The van der Waals surface area contributed by atoms with Crippen molar-refractivity contribution in [1.82, 2.24) is 4.90 Å². The average molecular weight is 516 g/mol. The van der Waals surface area contributed by atoms with Crippen LogP contribution in [0.4, 0.5) is 0 Å². The van der Waals surface area contributed by atoms with Gasteiger partial charge in [0, 0.05) is 0 Å². The van der Waals surface area contributed by atoms with E-state index in [1.54, 1.807) is 13.8 Å². The van der Waals surface area contributed by atoms with Crippen molar-refractivity contribution in [3.63, 3.8) is 0 Å². The summed E-state index contributed by atoms with van der Waals surface area (Å²) in [6.45, 7) is 6.16. The van der Waals surface area contributed by atoms with Gasteiger partial charge in [-0.3, -0.25) is 4.79 Å². The quantitative estimate of drug-likeness (QED) is 0.378. The molecule has 1 aliphatic carbocycles. The fourth-order valence-electron chi connectivity index (χ4n) is 5.75. The van der Waals surface area contributed by atoms with Crippen molar-refractivity contribution in [2.45, 2.75) is 57.7 Å². The standard InChI is InChI=1S/C33H41NO4/c1-32(2,31(36)37)26-16-9-11-25(18-19-26)30(35)17-10-22-34-23-20-29(21-24-34)33(38,27-12-5-3-6-13-27)28-14-7-4-8-15-28/h3-8,11-16,18-19,29-30,35,38H,9-10,17,20-24H2,1-2H3,(H,36,37). The second-order valence-corrected chi connectivity index (χ2v) is 11.1. The second-order valence-electron chi connectivity index (χ2n) is 11.1. The molecular formula is C33H41NO4. The van der Waals surface area contributed by atoms with Crippen LogP contribution in [0, 0.1) is 11.3 Å². The van der Waals surface area contributed by atoms with Crippen molar-refractivity contribution < 1.29 is 20.1 Å². The van der Waals surface area contributed by atoms with Gasteiger partial charge in [-0.1, -0.05) is 85.0 Å². The first-order valence-electron chi connectivity index (χ1n) is 13.8. The first-order valence-corrected chi connectivity index (χ1v) is 13.8. The van der Waals surface area contributed by atoms with Crippen molar-refractivity contribution in [1.29, 1.82) is 0 Å². The van der Waals surface area contributed by atoms with Gasteiger partial charge in [0.1, 0.15) is 5.60 Å². The largest absolute Gasteiger partial charge is 0.481 e. The number of carbonyl (C=O) groups is 1. The van der Waals surface area contributed by atoms with Gasteiger partial charge in [-0.15, -0.1) is 0 Å². The van der Waals surface area contributed by atoms with Gasteiger partial charge in [0.2, 0.25) is 0 Å². The first kappa shape index (κ1) is 28.0. The molecule has 1 saturated heterocycles. The smallest absolute Gasteiger partial charge is 0.313 e. The van der Waals surface area contributed by atoms with E-state index in [2.05, 4.69) is 4.90 Å². The fraction of sp³-hybridized carbons (Fsp3) is 0.424. The van der Waals surface area contributed by atoms with Gasteiger partial charge in [-0.25, -0.2) is 0 Å². The topological polar surface area (TPSA) is 81.0 Å². The van der Waals surface area contributed by atoms with Crippen LogP contribution >= 0.6 is 0 Å². The number of likely N-dealkylation sites (tertiary alicyclic amines) is 1. The summed E-state index contributed by atoms with van der Waals surface area (Å²) < 4.78 is 0. The molecule has 1 atom stereocenters. The average Bonchev–Trinajstić information content (AvgIpc) is 3.21. The number of aliphatic hydroxyl groups excluding tert-OH is 1. The van der Waals surface area contributed by atoms with Crippen LogP contribution in [0.5, 0.6) is 0 Å². The number of hydrogen-bond donors (Lipinski definition) is 3. The van der Waals surface area contributed by atoms with Crippen molar-refractivity contribution in [2.24, 2.45) is 11.3 Å². The summed E-state index contributed by atoms with van der Waals surface area (Å²) >= 11 is 0. The molecule has 202 valence electrons. The van der Waals surface area contributed by atoms with Gasteiger partial charge >= 0.3 is 5.97 Å². The van der Waals surface area contributed by atoms with Crippen LogP contribution in [0.15, 0.2) is 96.1 Å². The summed E-state index contributed by atoms with van der Waals surface area (Å²) in [6.07, 6.45) is 11.0. The Morgan fingerprint density at radius 1 is 0.947 bits per heavy atom. The lowest BCUT2D eigenvalue weighted by Crippen LogP contribution is -2.44. The summed E-state index contributed by atoms with van der Waals surface area (Å²) in [5, 5.41) is 32.4. The van der Waals surface area contributed by atoms with Gasteiger partial charge < -0.3 is 20.2 Å². The van der Waals surface area contributed by atoms with Crippen molar-refractivity contribution in [2.75, 3.05) is 19.6 Å². The maximum absolute atomic E-state index is 12.1. The zero-order chi connectivity index (χ0) is 27.2. The normalized spacial score (nSPS) is 18.4.